The van der Waals surface area contributed by atoms with Crippen LogP contribution in [0.4, 0.5) is 5.69 Å². The van der Waals surface area contributed by atoms with Gasteiger partial charge in [0.05, 0.1) is 6.54 Å². The average molecular weight is 275 g/mol. The van der Waals surface area contributed by atoms with Gasteiger partial charge in [-0.2, -0.15) is 0 Å². The second kappa shape index (κ2) is 7.29. The summed E-state index contributed by atoms with van der Waals surface area (Å²) in [5.41, 5.74) is 2.54. The highest BCUT2D eigenvalue weighted by Crippen LogP contribution is 2.20. The van der Waals surface area contributed by atoms with Crippen LogP contribution in [-0.2, 0) is 11.3 Å². The molecule has 1 amide bonds. The van der Waals surface area contributed by atoms with E-state index in [0.717, 1.165) is 13.1 Å². The summed E-state index contributed by atoms with van der Waals surface area (Å²) in [7, 11) is 1.83. The molecule has 1 aliphatic heterocycles. The maximum atomic E-state index is 11.6. The number of benzene rings is 1. The minimum atomic E-state index is 0.140. The smallest absolute Gasteiger partial charge is 0.236 e. The van der Waals surface area contributed by atoms with Gasteiger partial charge < -0.3 is 15.1 Å². The van der Waals surface area contributed by atoms with Gasteiger partial charge in [0.15, 0.2) is 0 Å². The molecule has 1 aromatic rings. The van der Waals surface area contributed by atoms with Crippen LogP contribution in [0.15, 0.2) is 24.3 Å². The molecule has 1 fully saturated rings. The van der Waals surface area contributed by atoms with E-state index in [4.69, 9.17) is 0 Å². The second-order valence-corrected chi connectivity index (χ2v) is 5.37. The van der Waals surface area contributed by atoms with E-state index in [2.05, 4.69) is 34.5 Å². The van der Waals surface area contributed by atoms with E-state index < -0.39 is 0 Å². The predicted molar refractivity (Wildman–Crippen MR) is 82.9 cm³/mol. The number of hydrogen-bond acceptors (Lipinski definition) is 3. The molecule has 2 rings (SSSR count). The average Bonchev–Trinajstić information content (AvgIpc) is 3.01. The third-order valence-electron chi connectivity index (χ3n) is 3.91. The van der Waals surface area contributed by atoms with Gasteiger partial charge in [-0.3, -0.25) is 4.79 Å². The lowest BCUT2D eigenvalue weighted by atomic mass is 10.2. The third kappa shape index (κ3) is 3.97. The van der Waals surface area contributed by atoms with E-state index in [0.29, 0.717) is 6.54 Å². The van der Waals surface area contributed by atoms with Crippen molar-refractivity contribution in [3.63, 3.8) is 0 Å². The normalized spacial score (nSPS) is 14.6. The number of likely N-dealkylation sites (N-methyl/N-ethyl adjacent to an activating group) is 1. The highest BCUT2D eigenvalue weighted by Gasteiger charge is 2.11. The van der Waals surface area contributed by atoms with E-state index in [1.54, 1.807) is 4.90 Å². The van der Waals surface area contributed by atoms with Crippen LogP contribution in [0.25, 0.3) is 0 Å². The van der Waals surface area contributed by atoms with E-state index >= 15 is 0 Å². The fourth-order valence-corrected chi connectivity index (χ4v) is 2.43. The summed E-state index contributed by atoms with van der Waals surface area (Å²) in [6.45, 7) is 6.23. The quantitative estimate of drug-likeness (QED) is 0.860. The fraction of sp³-hybridized carbons (Fsp3) is 0.562. The van der Waals surface area contributed by atoms with Gasteiger partial charge in [-0.25, -0.2) is 0 Å². The number of carbonyl (C=O) groups excluding carboxylic acids is 1. The van der Waals surface area contributed by atoms with Crippen molar-refractivity contribution in [3.05, 3.63) is 29.8 Å². The number of nitrogens with zero attached hydrogens (tertiary/aromatic N) is 2. The lowest BCUT2D eigenvalue weighted by Crippen LogP contribution is -2.35. The first-order valence-electron chi connectivity index (χ1n) is 7.49. The second-order valence-electron chi connectivity index (χ2n) is 5.37. The molecule has 1 heterocycles. The Labute approximate surface area is 121 Å². The van der Waals surface area contributed by atoms with Crippen molar-refractivity contribution in [1.82, 2.24) is 10.2 Å². The minimum absolute atomic E-state index is 0.140. The Morgan fingerprint density at radius 3 is 2.50 bits per heavy atom. The summed E-state index contributed by atoms with van der Waals surface area (Å²) in [5.74, 6) is 0.140. The molecule has 1 N–H and O–H groups in total. The Kier molecular flexibility index (Phi) is 5.41. The van der Waals surface area contributed by atoms with Crippen LogP contribution in [-0.4, -0.2) is 44.0 Å². The largest absolute Gasteiger partial charge is 0.372 e. The standard InChI is InChI=1S/C16H25N3O/c1-3-18(2)16(20)13-17-12-14-6-8-15(9-7-14)19-10-4-5-11-19/h6-9,17H,3-5,10-13H2,1-2H3. The Morgan fingerprint density at radius 1 is 1.25 bits per heavy atom. The molecule has 0 unspecified atom stereocenters. The zero-order valence-corrected chi connectivity index (χ0v) is 12.6. The van der Waals surface area contributed by atoms with E-state index in [9.17, 15) is 4.79 Å². The molecule has 0 spiro atoms. The van der Waals surface area contributed by atoms with Gasteiger partial charge in [0.25, 0.3) is 0 Å². The zero-order chi connectivity index (χ0) is 14.4. The maximum absolute atomic E-state index is 11.6. The molecule has 0 aliphatic carbocycles. The van der Waals surface area contributed by atoms with Crippen molar-refractivity contribution < 1.29 is 4.79 Å². The molecular formula is C16H25N3O. The van der Waals surface area contributed by atoms with Crippen LogP contribution in [0.2, 0.25) is 0 Å². The predicted octanol–water partition coefficient (Wildman–Crippen LogP) is 1.85. The molecule has 20 heavy (non-hydrogen) atoms. The first-order valence-corrected chi connectivity index (χ1v) is 7.49. The first kappa shape index (κ1) is 14.9. The van der Waals surface area contributed by atoms with Crippen LogP contribution in [0.3, 0.4) is 0 Å². The van der Waals surface area contributed by atoms with Gasteiger partial charge in [0, 0.05) is 38.9 Å². The lowest BCUT2D eigenvalue weighted by Gasteiger charge is -2.18. The van der Waals surface area contributed by atoms with Crippen molar-refractivity contribution >= 4 is 11.6 Å². The van der Waals surface area contributed by atoms with Crippen molar-refractivity contribution in [1.29, 1.82) is 0 Å². The van der Waals surface area contributed by atoms with Crippen molar-refractivity contribution in [2.45, 2.75) is 26.3 Å². The molecule has 0 atom stereocenters. The number of rotatable bonds is 6. The molecule has 1 saturated heterocycles. The van der Waals surface area contributed by atoms with Gasteiger partial charge in [-0.05, 0) is 37.5 Å². The molecule has 4 heteroatoms. The van der Waals surface area contributed by atoms with Crippen LogP contribution < -0.4 is 10.2 Å². The summed E-state index contributed by atoms with van der Waals surface area (Å²) >= 11 is 0. The SMILES string of the molecule is CCN(C)C(=O)CNCc1ccc(N2CCCC2)cc1. The van der Waals surface area contributed by atoms with E-state index in [-0.39, 0.29) is 5.91 Å². The molecule has 0 bridgehead atoms. The number of carbonyl (C=O) groups is 1. The Bertz CT molecular complexity index is 424. The highest BCUT2D eigenvalue weighted by molar-refractivity contribution is 5.77. The van der Waals surface area contributed by atoms with Gasteiger partial charge in [0.2, 0.25) is 5.91 Å². The number of amides is 1. The van der Waals surface area contributed by atoms with Gasteiger partial charge in [0.1, 0.15) is 0 Å². The van der Waals surface area contributed by atoms with Crippen LogP contribution in [0.5, 0.6) is 0 Å². The summed E-state index contributed by atoms with van der Waals surface area (Å²) in [5, 5.41) is 3.20. The number of hydrogen-bond donors (Lipinski definition) is 1. The summed E-state index contributed by atoms with van der Waals surface area (Å²) in [6.07, 6.45) is 2.60. The van der Waals surface area contributed by atoms with E-state index in [1.807, 2.05) is 14.0 Å². The van der Waals surface area contributed by atoms with Gasteiger partial charge in [-0.1, -0.05) is 12.1 Å². The summed E-state index contributed by atoms with van der Waals surface area (Å²) in [6, 6.07) is 8.66. The van der Waals surface area contributed by atoms with Crippen LogP contribution in [0, 0.1) is 0 Å². The van der Waals surface area contributed by atoms with Crippen LogP contribution in [0.1, 0.15) is 25.3 Å². The molecule has 110 valence electrons. The van der Waals surface area contributed by atoms with Gasteiger partial charge in [-0.15, -0.1) is 0 Å². The van der Waals surface area contributed by atoms with Crippen molar-refractivity contribution in [3.8, 4) is 0 Å². The topological polar surface area (TPSA) is 35.6 Å². The summed E-state index contributed by atoms with van der Waals surface area (Å²) in [4.78, 5) is 15.8. The lowest BCUT2D eigenvalue weighted by molar-refractivity contribution is -0.128. The summed E-state index contributed by atoms with van der Waals surface area (Å²) < 4.78 is 0. The zero-order valence-electron chi connectivity index (χ0n) is 12.6. The first-order chi connectivity index (χ1) is 9.70. The Balaban J connectivity index is 1.77. The molecule has 1 aliphatic rings. The van der Waals surface area contributed by atoms with E-state index in [1.165, 1.54) is 37.2 Å². The number of nitrogens with one attached hydrogen (secondary N) is 1. The monoisotopic (exact) mass is 275 g/mol. The Morgan fingerprint density at radius 2 is 1.90 bits per heavy atom. The van der Waals surface area contributed by atoms with Crippen molar-refractivity contribution in [2.24, 2.45) is 0 Å². The molecule has 0 radical (unpaired) electrons. The molecule has 0 aromatic heterocycles. The Hall–Kier alpha value is -1.55. The van der Waals surface area contributed by atoms with Gasteiger partial charge >= 0.3 is 0 Å². The van der Waals surface area contributed by atoms with Crippen LogP contribution >= 0.6 is 0 Å². The third-order valence-corrected chi connectivity index (χ3v) is 3.91. The molecule has 4 nitrogen and oxygen atoms in total. The minimum Gasteiger partial charge on any atom is -0.372 e. The molecule has 1 aromatic carbocycles. The molecular weight excluding hydrogens is 250 g/mol. The number of anilines is 1. The van der Waals surface area contributed by atoms with Crippen molar-refractivity contribution in [2.75, 3.05) is 38.1 Å². The molecule has 0 saturated carbocycles. The highest BCUT2D eigenvalue weighted by atomic mass is 16.2. The fourth-order valence-electron chi connectivity index (χ4n) is 2.43. The maximum Gasteiger partial charge on any atom is 0.236 e.